The standard InChI is InChI=1S/C12H12BrN3/c1-16(9-2-3-9)11-4-5-14-10-6-8(13)7-15-12(10)11/h4-7,9H,2-3H2,1H3. The van der Waals surface area contributed by atoms with Crippen molar-refractivity contribution in [3.8, 4) is 0 Å². The molecular formula is C12H12BrN3. The second kappa shape index (κ2) is 3.70. The van der Waals surface area contributed by atoms with Crippen molar-refractivity contribution in [1.82, 2.24) is 9.97 Å². The molecule has 3 rings (SSSR count). The molecule has 0 radical (unpaired) electrons. The minimum Gasteiger partial charge on any atom is -0.370 e. The third kappa shape index (κ3) is 1.67. The molecule has 2 aromatic rings. The molecule has 1 aliphatic rings. The van der Waals surface area contributed by atoms with E-state index in [9.17, 15) is 0 Å². The molecule has 0 saturated heterocycles. The van der Waals surface area contributed by atoms with Crippen LogP contribution < -0.4 is 4.90 Å². The van der Waals surface area contributed by atoms with Crippen molar-refractivity contribution in [1.29, 1.82) is 0 Å². The maximum Gasteiger partial charge on any atom is 0.112 e. The van der Waals surface area contributed by atoms with Crippen LogP contribution in [0.25, 0.3) is 11.0 Å². The van der Waals surface area contributed by atoms with Crippen LogP contribution in [0.1, 0.15) is 12.8 Å². The number of nitrogens with zero attached hydrogens (tertiary/aromatic N) is 3. The number of fused-ring (bicyclic) bond motifs is 1. The van der Waals surface area contributed by atoms with Crippen molar-refractivity contribution in [2.75, 3.05) is 11.9 Å². The minimum absolute atomic E-state index is 0.691. The second-order valence-electron chi connectivity index (χ2n) is 4.19. The lowest BCUT2D eigenvalue weighted by molar-refractivity contribution is 0.918. The number of anilines is 1. The smallest absolute Gasteiger partial charge is 0.112 e. The SMILES string of the molecule is CN(c1ccnc2cc(Br)cnc12)C1CC1. The normalized spacial score (nSPS) is 15.4. The highest BCUT2D eigenvalue weighted by Crippen LogP contribution is 2.33. The summed E-state index contributed by atoms with van der Waals surface area (Å²) in [4.78, 5) is 11.1. The zero-order valence-electron chi connectivity index (χ0n) is 9.02. The fourth-order valence-electron chi connectivity index (χ4n) is 1.93. The molecule has 1 saturated carbocycles. The van der Waals surface area contributed by atoms with Crippen LogP contribution in [0.2, 0.25) is 0 Å². The van der Waals surface area contributed by atoms with Gasteiger partial charge in [0.2, 0.25) is 0 Å². The monoisotopic (exact) mass is 277 g/mol. The highest BCUT2D eigenvalue weighted by atomic mass is 79.9. The Morgan fingerprint density at radius 1 is 1.38 bits per heavy atom. The van der Waals surface area contributed by atoms with Crippen LogP contribution in [0.15, 0.2) is 29.0 Å². The second-order valence-corrected chi connectivity index (χ2v) is 5.11. The lowest BCUT2D eigenvalue weighted by Crippen LogP contribution is -2.19. The molecule has 0 unspecified atom stereocenters. The summed E-state index contributed by atoms with van der Waals surface area (Å²) in [7, 11) is 2.14. The van der Waals surface area contributed by atoms with E-state index in [0.717, 1.165) is 15.5 Å². The van der Waals surface area contributed by atoms with E-state index in [1.807, 2.05) is 24.5 Å². The van der Waals surface area contributed by atoms with Gasteiger partial charge in [0.05, 0.1) is 11.2 Å². The van der Waals surface area contributed by atoms with E-state index in [1.54, 1.807) is 0 Å². The lowest BCUT2D eigenvalue weighted by Gasteiger charge is -2.19. The molecule has 0 atom stereocenters. The Balaban J connectivity index is 2.16. The molecule has 2 aromatic heterocycles. The fraction of sp³-hybridized carbons (Fsp3) is 0.333. The van der Waals surface area contributed by atoms with E-state index in [4.69, 9.17) is 0 Å². The van der Waals surface area contributed by atoms with Crippen LogP contribution in [0, 0.1) is 0 Å². The van der Waals surface area contributed by atoms with E-state index in [1.165, 1.54) is 18.5 Å². The topological polar surface area (TPSA) is 29.0 Å². The first-order chi connectivity index (χ1) is 7.75. The average molecular weight is 278 g/mol. The van der Waals surface area contributed by atoms with E-state index in [2.05, 4.69) is 37.8 Å². The van der Waals surface area contributed by atoms with Crippen LogP contribution in [-0.4, -0.2) is 23.1 Å². The molecule has 0 aromatic carbocycles. The van der Waals surface area contributed by atoms with Gasteiger partial charge in [-0.3, -0.25) is 9.97 Å². The van der Waals surface area contributed by atoms with Crippen molar-refractivity contribution >= 4 is 32.7 Å². The molecular weight excluding hydrogens is 266 g/mol. The molecule has 1 aliphatic carbocycles. The summed E-state index contributed by atoms with van der Waals surface area (Å²) in [6, 6.07) is 4.74. The van der Waals surface area contributed by atoms with Gasteiger partial charge in [-0.05, 0) is 40.9 Å². The lowest BCUT2D eigenvalue weighted by atomic mass is 10.2. The Morgan fingerprint density at radius 2 is 2.19 bits per heavy atom. The Morgan fingerprint density at radius 3 is 2.94 bits per heavy atom. The van der Waals surface area contributed by atoms with E-state index in [-0.39, 0.29) is 0 Å². The Bertz CT molecular complexity index is 537. The zero-order valence-corrected chi connectivity index (χ0v) is 10.6. The largest absolute Gasteiger partial charge is 0.370 e. The highest BCUT2D eigenvalue weighted by Gasteiger charge is 2.27. The third-order valence-electron chi connectivity index (χ3n) is 3.00. The molecule has 0 amide bonds. The number of rotatable bonds is 2. The Hall–Kier alpha value is -1.16. The van der Waals surface area contributed by atoms with Gasteiger partial charge in [-0.15, -0.1) is 0 Å². The van der Waals surface area contributed by atoms with E-state index < -0.39 is 0 Å². The first-order valence-electron chi connectivity index (χ1n) is 5.39. The Labute approximate surface area is 103 Å². The molecule has 2 heterocycles. The number of aromatic nitrogens is 2. The third-order valence-corrected chi connectivity index (χ3v) is 3.43. The van der Waals surface area contributed by atoms with Gasteiger partial charge in [0.25, 0.3) is 0 Å². The van der Waals surface area contributed by atoms with Crippen LogP contribution in [-0.2, 0) is 0 Å². The molecule has 0 spiro atoms. The summed E-state index contributed by atoms with van der Waals surface area (Å²) in [6.45, 7) is 0. The number of hydrogen-bond acceptors (Lipinski definition) is 3. The summed E-state index contributed by atoms with van der Waals surface area (Å²) in [5, 5.41) is 0. The number of hydrogen-bond donors (Lipinski definition) is 0. The van der Waals surface area contributed by atoms with Crippen molar-refractivity contribution in [3.05, 3.63) is 29.0 Å². The molecule has 0 N–H and O–H groups in total. The quantitative estimate of drug-likeness (QED) is 0.845. The summed E-state index contributed by atoms with van der Waals surface area (Å²) in [5.41, 5.74) is 3.11. The minimum atomic E-state index is 0.691. The van der Waals surface area contributed by atoms with Crippen LogP contribution in [0.3, 0.4) is 0 Å². The van der Waals surface area contributed by atoms with Crippen molar-refractivity contribution in [2.45, 2.75) is 18.9 Å². The summed E-state index contributed by atoms with van der Waals surface area (Å²) >= 11 is 3.42. The van der Waals surface area contributed by atoms with Gasteiger partial charge in [-0.2, -0.15) is 0 Å². The summed E-state index contributed by atoms with van der Waals surface area (Å²) in [6.07, 6.45) is 6.26. The van der Waals surface area contributed by atoms with Gasteiger partial charge in [-0.25, -0.2) is 0 Å². The first-order valence-corrected chi connectivity index (χ1v) is 6.18. The maximum absolute atomic E-state index is 4.46. The van der Waals surface area contributed by atoms with Crippen molar-refractivity contribution in [2.24, 2.45) is 0 Å². The maximum atomic E-state index is 4.46. The van der Waals surface area contributed by atoms with Gasteiger partial charge in [0.15, 0.2) is 0 Å². The average Bonchev–Trinajstić information content (AvgIpc) is 3.10. The summed E-state index contributed by atoms with van der Waals surface area (Å²) in [5.74, 6) is 0. The van der Waals surface area contributed by atoms with Gasteiger partial charge in [0.1, 0.15) is 5.52 Å². The van der Waals surface area contributed by atoms with Crippen LogP contribution in [0.5, 0.6) is 0 Å². The van der Waals surface area contributed by atoms with Crippen molar-refractivity contribution < 1.29 is 0 Å². The van der Waals surface area contributed by atoms with Gasteiger partial charge in [-0.1, -0.05) is 0 Å². The number of pyridine rings is 2. The predicted molar refractivity (Wildman–Crippen MR) is 68.7 cm³/mol. The van der Waals surface area contributed by atoms with E-state index >= 15 is 0 Å². The fourth-order valence-corrected chi connectivity index (χ4v) is 2.25. The van der Waals surface area contributed by atoms with Crippen LogP contribution >= 0.6 is 15.9 Å². The molecule has 16 heavy (non-hydrogen) atoms. The molecule has 0 aliphatic heterocycles. The molecule has 1 fully saturated rings. The van der Waals surface area contributed by atoms with E-state index in [0.29, 0.717) is 6.04 Å². The first kappa shape index (κ1) is 10.0. The van der Waals surface area contributed by atoms with Gasteiger partial charge < -0.3 is 4.90 Å². The highest BCUT2D eigenvalue weighted by molar-refractivity contribution is 9.10. The Kier molecular flexibility index (Phi) is 2.32. The zero-order chi connectivity index (χ0) is 11.1. The molecule has 3 nitrogen and oxygen atoms in total. The number of halogens is 1. The molecule has 82 valence electrons. The van der Waals surface area contributed by atoms with Gasteiger partial charge >= 0.3 is 0 Å². The van der Waals surface area contributed by atoms with Gasteiger partial charge in [0, 0.05) is 30.0 Å². The molecule has 0 bridgehead atoms. The van der Waals surface area contributed by atoms with Crippen molar-refractivity contribution in [3.63, 3.8) is 0 Å². The summed E-state index contributed by atoms with van der Waals surface area (Å²) < 4.78 is 0.971. The van der Waals surface area contributed by atoms with Crippen LogP contribution in [0.4, 0.5) is 5.69 Å². The molecule has 4 heteroatoms. The predicted octanol–water partition coefficient (Wildman–Crippen LogP) is 2.99.